The maximum Gasteiger partial charge on any atom is 0.326 e. The molecular weight excluding hydrogens is 346 g/mol. The predicted molar refractivity (Wildman–Crippen MR) is 115 cm³/mol. The normalized spacial score (nSPS) is 15.8. The zero-order valence-corrected chi connectivity index (χ0v) is 17.0. The number of benzene rings is 2. The van der Waals surface area contributed by atoms with Gasteiger partial charge in [-0.25, -0.2) is 4.79 Å². The number of likely N-dealkylation sites (tertiary alicyclic amines) is 1. The number of nitrogens with zero attached hydrogens (tertiary/aromatic N) is 2. The van der Waals surface area contributed by atoms with Crippen LogP contribution in [0.3, 0.4) is 0 Å². The van der Waals surface area contributed by atoms with Crippen LogP contribution in [-0.2, 0) is 6.54 Å². The molecule has 4 rings (SSSR count). The fraction of sp³-hybridized carbons (Fsp3) is 0.375. The first-order valence-electron chi connectivity index (χ1n) is 10.2. The Morgan fingerprint density at radius 1 is 0.964 bits per heavy atom. The minimum atomic E-state index is 0.0189. The second-order valence-corrected chi connectivity index (χ2v) is 8.07. The molecule has 0 aliphatic carbocycles. The lowest BCUT2D eigenvalue weighted by Crippen LogP contribution is -2.37. The van der Waals surface area contributed by atoms with Crippen LogP contribution in [0.15, 0.2) is 53.3 Å². The van der Waals surface area contributed by atoms with E-state index < -0.39 is 0 Å². The van der Waals surface area contributed by atoms with Gasteiger partial charge in [-0.3, -0.25) is 9.47 Å². The SMILES string of the molecule is Cc1ccc(-c2c(C)[nH]c(=O)n2C2CCN(Cc3ccccc3C)CC2)cc1. The van der Waals surface area contributed by atoms with Crippen molar-refractivity contribution in [1.82, 2.24) is 14.5 Å². The molecular formula is C24H29N3O. The second kappa shape index (κ2) is 7.80. The van der Waals surface area contributed by atoms with Crippen LogP contribution in [-0.4, -0.2) is 27.5 Å². The van der Waals surface area contributed by atoms with E-state index in [4.69, 9.17) is 0 Å². The molecule has 1 aliphatic heterocycles. The van der Waals surface area contributed by atoms with Crippen molar-refractivity contribution in [2.24, 2.45) is 0 Å². The number of aromatic amines is 1. The molecule has 1 saturated heterocycles. The number of aryl methyl sites for hydroxylation is 3. The van der Waals surface area contributed by atoms with Crippen molar-refractivity contribution < 1.29 is 0 Å². The predicted octanol–water partition coefficient (Wildman–Crippen LogP) is 4.61. The van der Waals surface area contributed by atoms with Crippen molar-refractivity contribution >= 4 is 0 Å². The maximum absolute atomic E-state index is 12.7. The molecule has 0 amide bonds. The van der Waals surface area contributed by atoms with E-state index in [1.165, 1.54) is 16.7 Å². The Labute approximate surface area is 166 Å². The molecule has 1 fully saturated rings. The van der Waals surface area contributed by atoms with Gasteiger partial charge in [-0.15, -0.1) is 0 Å². The standard InChI is InChI=1S/C24H29N3O/c1-17-8-10-20(11-9-17)23-19(3)25-24(28)27(23)22-12-14-26(15-13-22)16-21-7-5-4-6-18(21)2/h4-11,22H,12-16H2,1-3H3,(H,25,28). The van der Waals surface area contributed by atoms with E-state index in [1.54, 1.807) is 0 Å². The van der Waals surface area contributed by atoms with Crippen LogP contribution in [0, 0.1) is 20.8 Å². The van der Waals surface area contributed by atoms with Crippen molar-refractivity contribution in [3.05, 3.63) is 81.4 Å². The van der Waals surface area contributed by atoms with E-state index in [2.05, 4.69) is 72.3 Å². The van der Waals surface area contributed by atoms with Gasteiger partial charge >= 0.3 is 5.69 Å². The van der Waals surface area contributed by atoms with Crippen LogP contribution < -0.4 is 5.69 Å². The van der Waals surface area contributed by atoms with Crippen LogP contribution in [0.25, 0.3) is 11.3 Å². The Bertz CT molecular complexity index is 1010. The molecule has 0 saturated carbocycles. The Balaban J connectivity index is 1.53. The highest BCUT2D eigenvalue weighted by atomic mass is 16.1. The number of hydrogen-bond acceptors (Lipinski definition) is 2. The number of hydrogen-bond donors (Lipinski definition) is 1. The van der Waals surface area contributed by atoms with Gasteiger partial charge in [-0.1, -0.05) is 54.1 Å². The third-order valence-corrected chi connectivity index (χ3v) is 6.01. The number of aromatic nitrogens is 2. The van der Waals surface area contributed by atoms with E-state index >= 15 is 0 Å². The van der Waals surface area contributed by atoms with Crippen molar-refractivity contribution in [3.63, 3.8) is 0 Å². The summed E-state index contributed by atoms with van der Waals surface area (Å²) < 4.78 is 2.01. The number of piperidine rings is 1. The lowest BCUT2D eigenvalue weighted by Gasteiger charge is -2.33. The lowest BCUT2D eigenvalue weighted by molar-refractivity contribution is 0.178. The molecule has 146 valence electrons. The van der Waals surface area contributed by atoms with Gasteiger partial charge in [0.2, 0.25) is 0 Å². The molecule has 1 N–H and O–H groups in total. The molecule has 28 heavy (non-hydrogen) atoms. The first-order valence-corrected chi connectivity index (χ1v) is 10.2. The summed E-state index contributed by atoms with van der Waals surface area (Å²) in [5.41, 5.74) is 7.11. The molecule has 0 atom stereocenters. The lowest BCUT2D eigenvalue weighted by atomic mass is 10.0. The highest BCUT2D eigenvalue weighted by molar-refractivity contribution is 5.62. The van der Waals surface area contributed by atoms with E-state index in [1.807, 2.05) is 11.5 Å². The Hall–Kier alpha value is -2.59. The topological polar surface area (TPSA) is 41.0 Å². The number of H-pyrrole nitrogens is 1. The van der Waals surface area contributed by atoms with E-state index in [0.29, 0.717) is 0 Å². The summed E-state index contributed by atoms with van der Waals surface area (Å²) >= 11 is 0. The van der Waals surface area contributed by atoms with Gasteiger partial charge in [0, 0.05) is 36.9 Å². The Morgan fingerprint density at radius 2 is 1.64 bits per heavy atom. The summed E-state index contributed by atoms with van der Waals surface area (Å²) in [4.78, 5) is 18.3. The van der Waals surface area contributed by atoms with Crippen LogP contribution >= 0.6 is 0 Å². The molecule has 0 unspecified atom stereocenters. The van der Waals surface area contributed by atoms with E-state index in [0.717, 1.165) is 49.4 Å². The van der Waals surface area contributed by atoms with Gasteiger partial charge in [0.25, 0.3) is 0 Å². The molecule has 2 aromatic carbocycles. The van der Waals surface area contributed by atoms with Gasteiger partial charge in [0.1, 0.15) is 0 Å². The summed E-state index contributed by atoms with van der Waals surface area (Å²) in [5, 5.41) is 0. The largest absolute Gasteiger partial charge is 0.326 e. The molecule has 3 aromatic rings. The fourth-order valence-corrected chi connectivity index (χ4v) is 4.34. The molecule has 1 aliphatic rings. The number of imidazole rings is 1. The second-order valence-electron chi connectivity index (χ2n) is 8.07. The van der Waals surface area contributed by atoms with Crippen molar-refractivity contribution in [2.45, 2.75) is 46.2 Å². The van der Waals surface area contributed by atoms with E-state index in [9.17, 15) is 4.79 Å². The zero-order valence-electron chi connectivity index (χ0n) is 17.0. The number of nitrogens with one attached hydrogen (secondary N) is 1. The Kier molecular flexibility index (Phi) is 5.23. The van der Waals surface area contributed by atoms with Crippen LogP contribution in [0.2, 0.25) is 0 Å². The molecule has 4 heteroatoms. The Morgan fingerprint density at radius 3 is 2.32 bits per heavy atom. The summed E-state index contributed by atoms with van der Waals surface area (Å²) in [7, 11) is 0. The average Bonchev–Trinajstić information content (AvgIpc) is 2.99. The van der Waals surface area contributed by atoms with Gasteiger partial charge in [-0.05, 0) is 44.7 Å². The monoisotopic (exact) mass is 375 g/mol. The third kappa shape index (κ3) is 3.69. The minimum absolute atomic E-state index is 0.0189. The zero-order chi connectivity index (χ0) is 19.7. The first kappa shape index (κ1) is 18.8. The summed E-state index contributed by atoms with van der Waals surface area (Å²) in [6.07, 6.45) is 2.00. The molecule has 0 radical (unpaired) electrons. The fourth-order valence-electron chi connectivity index (χ4n) is 4.34. The van der Waals surface area contributed by atoms with Gasteiger partial charge in [0.15, 0.2) is 0 Å². The van der Waals surface area contributed by atoms with Crippen molar-refractivity contribution in [3.8, 4) is 11.3 Å². The minimum Gasteiger partial charge on any atom is -0.309 e. The smallest absolute Gasteiger partial charge is 0.309 e. The van der Waals surface area contributed by atoms with Crippen molar-refractivity contribution in [2.75, 3.05) is 13.1 Å². The van der Waals surface area contributed by atoms with Gasteiger partial charge in [-0.2, -0.15) is 0 Å². The average molecular weight is 376 g/mol. The van der Waals surface area contributed by atoms with Gasteiger partial charge < -0.3 is 4.98 Å². The van der Waals surface area contributed by atoms with Crippen molar-refractivity contribution in [1.29, 1.82) is 0 Å². The van der Waals surface area contributed by atoms with Gasteiger partial charge in [0.05, 0.1) is 5.69 Å². The number of rotatable bonds is 4. The molecule has 2 heterocycles. The molecule has 1 aromatic heterocycles. The molecule has 4 nitrogen and oxygen atoms in total. The van der Waals surface area contributed by atoms with Crippen LogP contribution in [0.5, 0.6) is 0 Å². The summed E-state index contributed by atoms with van der Waals surface area (Å²) in [6.45, 7) is 9.29. The van der Waals surface area contributed by atoms with Crippen LogP contribution in [0.1, 0.15) is 41.3 Å². The maximum atomic E-state index is 12.7. The van der Waals surface area contributed by atoms with Crippen LogP contribution in [0.4, 0.5) is 0 Å². The first-order chi connectivity index (χ1) is 13.5. The summed E-state index contributed by atoms with van der Waals surface area (Å²) in [6, 6.07) is 17.3. The highest BCUT2D eigenvalue weighted by Gasteiger charge is 2.25. The molecule has 0 bridgehead atoms. The molecule has 0 spiro atoms. The highest BCUT2D eigenvalue weighted by Crippen LogP contribution is 2.30. The third-order valence-electron chi connectivity index (χ3n) is 6.01. The summed E-state index contributed by atoms with van der Waals surface area (Å²) in [5.74, 6) is 0. The van der Waals surface area contributed by atoms with E-state index in [-0.39, 0.29) is 11.7 Å². The quantitative estimate of drug-likeness (QED) is 0.724.